The first kappa shape index (κ1) is 16.0. The summed E-state index contributed by atoms with van der Waals surface area (Å²) in [6.07, 6.45) is 1.07. The summed E-state index contributed by atoms with van der Waals surface area (Å²) in [4.78, 5) is 24.9. The van der Waals surface area contributed by atoms with E-state index in [1.807, 2.05) is 0 Å². The SMILES string of the molecule is CC1CC2CN(c3ccc4c(=O)c(C(=O)O)c(F)n(F)c4c3)CC2N1. The predicted octanol–water partition coefficient (Wildman–Crippen LogP) is 1.76. The zero-order valence-electron chi connectivity index (χ0n) is 13.5. The van der Waals surface area contributed by atoms with Gasteiger partial charge in [0, 0.05) is 36.2 Å². The van der Waals surface area contributed by atoms with Crippen molar-refractivity contribution in [1.29, 1.82) is 0 Å². The third-order valence-corrected chi connectivity index (χ3v) is 5.22. The van der Waals surface area contributed by atoms with Crippen LogP contribution in [0.3, 0.4) is 0 Å². The maximum atomic E-state index is 14.3. The van der Waals surface area contributed by atoms with Crippen LogP contribution in [0.15, 0.2) is 23.0 Å². The van der Waals surface area contributed by atoms with E-state index in [1.54, 1.807) is 6.07 Å². The zero-order valence-corrected chi connectivity index (χ0v) is 13.5. The summed E-state index contributed by atoms with van der Waals surface area (Å²) in [6.45, 7) is 3.70. The normalized spacial score (nSPS) is 25.6. The second kappa shape index (κ2) is 5.52. The van der Waals surface area contributed by atoms with Gasteiger partial charge in [0.05, 0.1) is 5.52 Å². The fraction of sp³-hybridized carbons (Fsp3) is 0.412. The first-order valence-corrected chi connectivity index (χ1v) is 8.15. The molecule has 3 unspecified atom stereocenters. The van der Waals surface area contributed by atoms with Crippen LogP contribution in [-0.4, -0.2) is 41.0 Å². The van der Waals surface area contributed by atoms with Crippen molar-refractivity contribution in [1.82, 2.24) is 10.1 Å². The summed E-state index contributed by atoms with van der Waals surface area (Å²) in [5.74, 6) is -2.97. The highest BCUT2D eigenvalue weighted by molar-refractivity contribution is 5.93. The molecule has 2 aliphatic heterocycles. The molecule has 25 heavy (non-hydrogen) atoms. The van der Waals surface area contributed by atoms with E-state index in [2.05, 4.69) is 17.1 Å². The number of carbonyl (C=O) groups is 1. The highest BCUT2D eigenvalue weighted by Crippen LogP contribution is 2.32. The summed E-state index contributed by atoms with van der Waals surface area (Å²) < 4.78 is 28.2. The fourth-order valence-electron chi connectivity index (χ4n) is 4.09. The average Bonchev–Trinajstić information content (AvgIpc) is 3.09. The standard InChI is InChI=1S/C17H17F2N3O3/c1-8-4-9-6-21(7-12(9)20-8)10-2-3-11-13(5-10)22(19)16(18)14(15(11)23)17(24)25/h2-3,5,8-9,12,20H,4,6-7H2,1H3,(H,24,25). The number of rotatable bonds is 2. The van der Waals surface area contributed by atoms with E-state index in [0.29, 0.717) is 23.7 Å². The fourth-order valence-corrected chi connectivity index (χ4v) is 4.09. The number of aromatic nitrogens is 1. The van der Waals surface area contributed by atoms with Gasteiger partial charge in [-0.2, -0.15) is 4.39 Å². The number of benzene rings is 1. The number of halogens is 2. The Morgan fingerprint density at radius 3 is 2.80 bits per heavy atom. The van der Waals surface area contributed by atoms with Gasteiger partial charge in [-0.1, -0.05) is 4.48 Å². The van der Waals surface area contributed by atoms with E-state index in [4.69, 9.17) is 5.11 Å². The maximum Gasteiger partial charge on any atom is 0.344 e. The third-order valence-electron chi connectivity index (χ3n) is 5.22. The molecule has 0 amide bonds. The van der Waals surface area contributed by atoms with Gasteiger partial charge in [0.2, 0.25) is 11.4 Å². The second-order valence-corrected chi connectivity index (χ2v) is 6.86. The van der Waals surface area contributed by atoms with Gasteiger partial charge in [-0.05, 0) is 37.5 Å². The summed E-state index contributed by atoms with van der Waals surface area (Å²) in [7, 11) is 0. The van der Waals surface area contributed by atoms with Crippen molar-refractivity contribution in [3.63, 3.8) is 0 Å². The molecule has 1 aromatic carbocycles. The van der Waals surface area contributed by atoms with Crippen molar-refractivity contribution < 1.29 is 18.8 Å². The van der Waals surface area contributed by atoms with Crippen molar-refractivity contribution in [2.24, 2.45) is 5.92 Å². The summed E-state index contributed by atoms with van der Waals surface area (Å²) in [6, 6.07) is 5.25. The molecule has 2 N–H and O–H groups in total. The summed E-state index contributed by atoms with van der Waals surface area (Å²) >= 11 is 0. The van der Waals surface area contributed by atoms with E-state index in [1.165, 1.54) is 12.1 Å². The Hall–Kier alpha value is -2.48. The molecule has 3 heterocycles. The molecule has 0 radical (unpaired) electrons. The highest BCUT2D eigenvalue weighted by Gasteiger charge is 2.39. The lowest BCUT2D eigenvalue weighted by molar-refractivity contribution is 0.0685. The maximum absolute atomic E-state index is 14.3. The molecule has 0 spiro atoms. The van der Waals surface area contributed by atoms with Crippen molar-refractivity contribution in [2.75, 3.05) is 18.0 Å². The lowest BCUT2D eigenvalue weighted by Crippen LogP contribution is -2.33. The number of pyridine rings is 1. The number of hydrogen-bond donors (Lipinski definition) is 2. The Kier molecular flexibility index (Phi) is 3.54. The molecule has 2 fully saturated rings. The van der Waals surface area contributed by atoms with Crippen molar-refractivity contribution in [3.8, 4) is 0 Å². The average molecular weight is 349 g/mol. The molecule has 8 heteroatoms. The number of anilines is 1. The number of fused-ring (bicyclic) bond motifs is 2. The minimum Gasteiger partial charge on any atom is -0.477 e. The Balaban J connectivity index is 1.77. The molecule has 0 aliphatic carbocycles. The molecule has 3 atom stereocenters. The van der Waals surface area contributed by atoms with Crippen molar-refractivity contribution >= 4 is 22.6 Å². The van der Waals surface area contributed by atoms with Gasteiger partial charge in [-0.3, -0.25) is 4.79 Å². The zero-order chi connectivity index (χ0) is 17.9. The monoisotopic (exact) mass is 349 g/mol. The number of aromatic carboxylic acids is 1. The predicted molar refractivity (Wildman–Crippen MR) is 88.3 cm³/mol. The molecular weight excluding hydrogens is 332 g/mol. The van der Waals surface area contributed by atoms with E-state index >= 15 is 0 Å². The minimum absolute atomic E-state index is 0.156. The van der Waals surface area contributed by atoms with Crippen molar-refractivity contribution in [3.05, 3.63) is 39.9 Å². The minimum atomic E-state index is -1.78. The van der Waals surface area contributed by atoms with Crippen LogP contribution in [0.2, 0.25) is 0 Å². The number of carboxylic acid groups (broad SMARTS) is 1. The first-order chi connectivity index (χ1) is 11.9. The molecule has 2 aliphatic rings. The van der Waals surface area contributed by atoms with Crippen LogP contribution in [-0.2, 0) is 0 Å². The van der Waals surface area contributed by atoms with Gasteiger partial charge in [0.25, 0.3) is 0 Å². The molecule has 2 saturated heterocycles. The van der Waals surface area contributed by atoms with Crippen LogP contribution in [0.4, 0.5) is 14.6 Å². The van der Waals surface area contributed by atoms with Gasteiger partial charge < -0.3 is 15.3 Å². The molecule has 2 aromatic rings. The lowest BCUT2D eigenvalue weighted by Gasteiger charge is -2.21. The Bertz CT molecular complexity index is 929. The number of carboxylic acids is 1. The van der Waals surface area contributed by atoms with E-state index in [9.17, 15) is 18.5 Å². The van der Waals surface area contributed by atoms with E-state index in [0.717, 1.165) is 19.5 Å². The summed E-state index contributed by atoms with van der Waals surface area (Å²) in [5.41, 5.74) is -1.78. The van der Waals surface area contributed by atoms with Gasteiger partial charge >= 0.3 is 5.97 Å². The molecule has 1 aromatic heterocycles. The first-order valence-electron chi connectivity index (χ1n) is 8.15. The third kappa shape index (κ3) is 2.39. The van der Waals surface area contributed by atoms with E-state index < -0.39 is 22.9 Å². The Labute approximate surface area is 141 Å². The molecule has 0 bridgehead atoms. The molecule has 4 rings (SSSR count). The lowest BCUT2D eigenvalue weighted by atomic mass is 10.0. The number of nitrogens with one attached hydrogen (secondary N) is 1. The van der Waals surface area contributed by atoms with Gasteiger partial charge in [-0.25, -0.2) is 4.79 Å². The van der Waals surface area contributed by atoms with Crippen LogP contribution in [0.1, 0.15) is 23.7 Å². The Morgan fingerprint density at radius 2 is 2.12 bits per heavy atom. The quantitative estimate of drug-likeness (QED) is 0.808. The van der Waals surface area contributed by atoms with Crippen molar-refractivity contribution in [2.45, 2.75) is 25.4 Å². The van der Waals surface area contributed by atoms with Crippen LogP contribution in [0.5, 0.6) is 0 Å². The van der Waals surface area contributed by atoms with Crippen LogP contribution < -0.4 is 15.6 Å². The second-order valence-electron chi connectivity index (χ2n) is 6.86. The van der Waals surface area contributed by atoms with Gasteiger partial charge in [0.15, 0.2) is 5.56 Å². The van der Waals surface area contributed by atoms with Gasteiger partial charge in [0.1, 0.15) is 0 Å². The molecule has 0 saturated carbocycles. The highest BCUT2D eigenvalue weighted by atomic mass is 19.2. The van der Waals surface area contributed by atoms with Crippen LogP contribution in [0.25, 0.3) is 10.9 Å². The molecule has 132 valence electrons. The van der Waals surface area contributed by atoms with Crippen LogP contribution >= 0.6 is 0 Å². The Morgan fingerprint density at radius 1 is 1.36 bits per heavy atom. The topological polar surface area (TPSA) is 74.6 Å². The number of nitrogens with zero attached hydrogens (tertiary/aromatic N) is 2. The molecule has 6 nitrogen and oxygen atoms in total. The summed E-state index contributed by atoms with van der Waals surface area (Å²) in [5, 5.41) is 12.3. The smallest absolute Gasteiger partial charge is 0.344 e. The van der Waals surface area contributed by atoms with Crippen LogP contribution in [0, 0.1) is 11.9 Å². The number of hydrogen-bond acceptors (Lipinski definition) is 4. The van der Waals surface area contributed by atoms with Gasteiger partial charge in [-0.15, -0.1) is 4.79 Å². The van der Waals surface area contributed by atoms with E-state index in [-0.39, 0.29) is 15.7 Å². The molecular formula is C17H17F2N3O3. The largest absolute Gasteiger partial charge is 0.477 e.